The van der Waals surface area contributed by atoms with Crippen LogP contribution in [0.25, 0.3) is 0 Å². The second-order valence-electron chi connectivity index (χ2n) is 5.43. The molecule has 2 N–H and O–H groups in total. The summed E-state index contributed by atoms with van der Waals surface area (Å²) in [5.41, 5.74) is 0.733. The van der Waals surface area contributed by atoms with Gasteiger partial charge in [-0.15, -0.1) is 0 Å². The second kappa shape index (κ2) is 7.00. The number of hydrogen-bond acceptors (Lipinski definition) is 2. The van der Waals surface area contributed by atoms with Crippen molar-refractivity contribution in [3.8, 4) is 0 Å². The minimum atomic E-state index is -1.44. The molecule has 25 heavy (non-hydrogen) atoms. The molecule has 0 atom stereocenters. The number of carbonyl (C=O) groups is 2. The van der Waals surface area contributed by atoms with Gasteiger partial charge in [0.15, 0.2) is 0 Å². The van der Waals surface area contributed by atoms with Gasteiger partial charge in [0.25, 0.3) is 5.91 Å². The number of benzene rings is 2. The van der Waals surface area contributed by atoms with Crippen molar-refractivity contribution in [1.29, 1.82) is 0 Å². The number of aromatic carboxylic acids is 1. The summed E-state index contributed by atoms with van der Waals surface area (Å²) in [6.45, 7) is 0.492. The fourth-order valence-electron chi connectivity index (χ4n) is 2.57. The average Bonchev–Trinajstić information content (AvgIpc) is 3.03. The number of halogens is 1. The first kappa shape index (κ1) is 16.4. The molecule has 1 aromatic heterocycles. The third-order valence-corrected chi connectivity index (χ3v) is 3.73. The van der Waals surface area contributed by atoms with Crippen LogP contribution >= 0.6 is 0 Å². The smallest absolute Gasteiger partial charge is 0.340 e. The van der Waals surface area contributed by atoms with Crippen molar-refractivity contribution < 1.29 is 19.1 Å². The van der Waals surface area contributed by atoms with Crippen molar-refractivity contribution >= 4 is 17.6 Å². The molecule has 5 nitrogen and oxygen atoms in total. The Morgan fingerprint density at radius 2 is 1.76 bits per heavy atom. The molecular weight excluding hydrogens is 323 g/mol. The molecule has 0 fully saturated rings. The van der Waals surface area contributed by atoms with Crippen LogP contribution in [0.4, 0.5) is 10.1 Å². The number of amides is 1. The fourth-order valence-corrected chi connectivity index (χ4v) is 2.57. The number of rotatable bonds is 5. The molecule has 0 saturated heterocycles. The van der Waals surface area contributed by atoms with Gasteiger partial charge in [0.2, 0.25) is 0 Å². The summed E-state index contributed by atoms with van der Waals surface area (Å²) in [7, 11) is 0. The SMILES string of the molecule is O=C(O)c1c(F)cccc1NC(=O)c1cccn1Cc1ccccc1. The topological polar surface area (TPSA) is 71.3 Å². The quantitative estimate of drug-likeness (QED) is 0.746. The highest BCUT2D eigenvalue weighted by molar-refractivity contribution is 6.07. The van der Waals surface area contributed by atoms with E-state index in [9.17, 15) is 14.0 Å². The van der Waals surface area contributed by atoms with Gasteiger partial charge in [-0.1, -0.05) is 36.4 Å². The predicted octanol–water partition coefficient (Wildman–Crippen LogP) is 3.63. The lowest BCUT2D eigenvalue weighted by atomic mass is 10.1. The van der Waals surface area contributed by atoms with Crippen molar-refractivity contribution in [3.63, 3.8) is 0 Å². The highest BCUT2D eigenvalue weighted by Crippen LogP contribution is 2.20. The number of carboxylic acids is 1. The van der Waals surface area contributed by atoms with Gasteiger partial charge in [-0.2, -0.15) is 0 Å². The number of nitrogens with one attached hydrogen (secondary N) is 1. The highest BCUT2D eigenvalue weighted by atomic mass is 19.1. The number of anilines is 1. The van der Waals surface area contributed by atoms with Crippen molar-refractivity contribution in [2.75, 3.05) is 5.32 Å². The van der Waals surface area contributed by atoms with Gasteiger partial charge in [0.05, 0.1) is 5.69 Å². The lowest BCUT2D eigenvalue weighted by Gasteiger charge is -2.12. The van der Waals surface area contributed by atoms with E-state index in [1.165, 1.54) is 12.1 Å². The minimum absolute atomic E-state index is 0.0787. The lowest BCUT2D eigenvalue weighted by Crippen LogP contribution is -2.19. The fraction of sp³-hybridized carbons (Fsp3) is 0.0526. The van der Waals surface area contributed by atoms with E-state index >= 15 is 0 Å². The molecule has 3 rings (SSSR count). The Bertz CT molecular complexity index is 919. The summed E-state index contributed by atoms with van der Waals surface area (Å²) >= 11 is 0. The van der Waals surface area contributed by atoms with Gasteiger partial charge in [-0.25, -0.2) is 9.18 Å². The van der Waals surface area contributed by atoms with Crippen molar-refractivity contribution in [2.45, 2.75) is 6.54 Å². The number of carbonyl (C=O) groups excluding carboxylic acids is 1. The Hall–Kier alpha value is -3.41. The minimum Gasteiger partial charge on any atom is -0.478 e. The Morgan fingerprint density at radius 3 is 2.48 bits per heavy atom. The molecule has 0 aliphatic heterocycles. The summed E-state index contributed by atoms with van der Waals surface area (Å²) in [4.78, 5) is 23.7. The van der Waals surface area contributed by atoms with E-state index in [0.29, 0.717) is 12.2 Å². The first-order valence-electron chi connectivity index (χ1n) is 7.58. The van der Waals surface area contributed by atoms with E-state index in [1.54, 1.807) is 22.9 Å². The summed E-state index contributed by atoms with van der Waals surface area (Å²) in [5, 5.41) is 11.6. The number of carboxylic acid groups (broad SMARTS) is 1. The molecule has 0 unspecified atom stereocenters. The third kappa shape index (κ3) is 3.58. The third-order valence-electron chi connectivity index (χ3n) is 3.73. The molecule has 1 amide bonds. The van der Waals surface area contributed by atoms with E-state index in [2.05, 4.69) is 5.32 Å². The van der Waals surface area contributed by atoms with Crippen LogP contribution in [0.3, 0.4) is 0 Å². The molecule has 3 aromatic rings. The van der Waals surface area contributed by atoms with Crippen LogP contribution in [-0.4, -0.2) is 21.6 Å². The monoisotopic (exact) mass is 338 g/mol. The summed E-state index contributed by atoms with van der Waals surface area (Å²) < 4.78 is 15.5. The molecule has 0 saturated carbocycles. The van der Waals surface area contributed by atoms with Crippen molar-refractivity contribution in [1.82, 2.24) is 4.57 Å². The molecule has 1 heterocycles. The zero-order valence-corrected chi connectivity index (χ0v) is 13.1. The zero-order valence-electron chi connectivity index (χ0n) is 13.1. The van der Waals surface area contributed by atoms with Crippen LogP contribution in [0.5, 0.6) is 0 Å². The maximum Gasteiger partial charge on any atom is 0.340 e. The largest absolute Gasteiger partial charge is 0.478 e. The molecule has 0 radical (unpaired) electrons. The number of aromatic nitrogens is 1. The van der Waals surface area contributed by atoms with Crippen LogP contribution in [0.2, 0.25) is 0 Å². The van der Waals surface area contributed by atoms with Gasteiger partial charge in [0, 0.05) is 12.7 Å². The van der Waals surface area contributed by atoms with Crippen LogP contribution in [0.1, 0.15) is 26.4 Å². The van der Waals surface area contributed by atoms with Crippen molar-refractivity contribution in [2.24, 2.45) is 0 Å². The summed E-state index contributed by atoms with van der Waals surface area (Å²) in [5.74, 6) is -2.84. The summed E-state index contributed by atoms with van der Waals surface area (Å²) in [6.07, 6.45) is 1.76. The van der Waals surface area contributed by atoms with Crippen LogP contribution in [-0.2, 0) is 6.54 Å². The normalized spacial score (nSPS) is 10.4. The standard InChI is InChI=1S/C19H15FN2O3/c20-14-8-4-9-15(17(14)19(24)25)21-18(23)16-10-5-11-22(16)12-13-6-2-1-3-7-13/h1-11H,12H2,(H,21,23)(H,24,25). The maximum atomic E-state index is 13.7. The Kier molecular flexibility index (Phi) is 4.61. The molecule has 0 aliphatic carbocycles. The highest BCUT2D eigenvalue weighted by Gasteiger charge is 2.19. The number of hydrogen-bond donors (Lipinski definition) is 2. The van der Waals surface area contributed by atoms with Gasteiger partial charge in [-0.05, 0) is 29.8 Å². The van der Waals surface area contributed by atoms with Crippen LogP contribution in [0, 0.1) is 5.82 Å². The second-order valence-corrected chi connectivity index (χ2v) is 5.43. The molecular formula is C19H15FN2O3. The molecule has 6 heteroatoms. The Morgan fingerprint density at radius 1 is 1.00 bits per heavy atom. The maximum absolute atomic E-state index is 13.7. The van der Waals surface area contributed by atoms with E-state index in [0.717, 1.165) is 11.6 Å². The predicted molar refractivity (Wildman–Crippen MR) is 91.3 cm³/mol. The van der Waals surface area contributed by atoms with Gasteiger partial charge in [-0.3, -0.25) is 4.79 Å². The van der Waals surface area contributed by atoms with Gasteiger partial charge >= 0.3 is 5.97 Å². The Labute approximate surface area is 143 Å². The zero-order chi connectivity index (χ0) is 17.8. The van der Waals surface area contributed by atoms with E-state index in [4.69, 9.17) is 5.11 Å². The summed E-state index contributed by atoms with van der Waals surface area (Å²) in [6, 6.07) is 16.7. The first-order valence-corrected chi connectivity index (χ1v) is 7.58. The molecule has 126 valence electrons. The van der Waals surface area contributed by atoms with E-state index < -0.39 is 23.3 Å². The average molecular weight is 338 g/mol. The van der Waals surface area contributed by atoms with E-state index in [1.807, 2.05) is 30.3 Å². The molecule has 0 aliphatic rings. The van der Waals surface area contributed by atoms with Crippen molar-refractivity contribution in [3.05, 3.63) is 89.5 Å². The van der Waals surface area contributed by atoms with Crippen LogP contribution in [0.15, 0.2) is 66.9 Å². The van der Waals surface area contributed by atoms with Crippen LogP contribution < -0.4 is 5.32 Å². The first-order chi connectivity index (χ1) is 12.1. The molecule has 2 aromatic carbocycles. The Balaban J connectivity index is 1.85. The van der Waals surface area contributed by atoms with Gasteiger partial charge in [0.1, 0.15) is 17.1 Å². The molecule has 0 bridgehead atoms. The van der Waals surface area contributed by atoms with Gasteiger partial charge < -0.3 is 15.0 Å². The van der Waals surface area contributed by atoms with E-state index in [-0.39, 0.29) is 5.69 Å². The number of nitrogens with zero attached hydrogens (tertiary/aromatic N) is 1. The lowest BCUT2D eigenvalue weighted by molar-refractivity contribution is 0.0693. The molecule has 0 spiro atoms.